The zero-order valence-electron chi connectivity index (χ0n) is 18.4. The van der Waals surface area contributed by atoms with Gasteiger partial charge in [0, 0.05) is 30.5 Å². The van der Waals surface area contributed by atoms with E-state index >= 15 is 0 Å². The molecule has 2 aromatic carbocycles. The van der Waals surface area contributed by atoms with E-state index in [1.165, 1.54) is 0 Å². The molecule has 5 heteroatoms. The van der Waals surface area contributed by atoms with Crippen molar-refractivity contribution in [2.75, 3.05) is 6.61 Å². The summed E-state index contributed by atoms with van der Waals surface area (Å²) in [7, 11) is 0. The number of aryl methyl sites for hydroxylation is 1. The molecule has 5 nitrogen and oxygen atoms in total. The van der Waals surface area contributed by atoms with E-state index in [2.05, 4.69) is 11.1 Å². The first-order chi connectivity index (χ1) is 15.6. The van der Waals surface area contributed by atoms with Crippen LogP contribution in [0.15, 0.2) is 84.3 Å². The van der Waals surface area contributed by atoms with Crippen LogP contribution in [-0.4, -0.2) is 21.7 Å². The molecule has 0 fully saturated rings. The fourth-order valence-electron chi connectivity index (χ4n) is 4.19. The minimum atomic E-state index is -0.599. The Labute approximate surface area is 187 Å². The topological polar surface area (TPSA) is 53.2 Å². The molecule has 2 aromatic heterocycles. The number of hydrogen-bond acceptors (Lipinski definition) is 3. The monoisotopic (exact) mass is 426 g/mol. The number of esters is 1. The Morgan fingerprint density at radius 2 is 1.72 bits per heavy atom. The molecule has 0 N–H and O–H groups in total. The van der Waals surface area contributed by atoms with Gasteiger partial charge in [-0.25, -0.2) is 4.79 Å². The number of carbonyl (C=O) groups is 1. The third-order valence-corrected chi connectivity index (χ3v) is 5.59. The number of hydrogen-bond donors (Lipinski definition) is 0. The number of fused-ring (bicyclic) bond motifs is 1. The minimum absolute atomic E-state index is 0.0498. The van der Waals surface area contributed by atoms with Gasteiger partial charge in [-0.3, -0.25) is 4.79 Å². The summed E-state index contributed by atoms with van der Waals surface area (Å²) in [6.45, 7) is 8.83. The quantitative estimate of drug-likeness (QED) is 0.302. The van der Waals surface area contributed by atoms with Crippen molar-refractivity contribution in [3.8, 4) is 11.3 Å². The molecular weight excluding hydrogens is 400 g/mol. The molecule has 4 aromatic rings. The maximum Gasteiger partial charge on any atom is 0.343 e. The number of nitrogens with zero attached hydrogens (tertiary/aromatic N) is 2. The molecule has 0 spiro atoms. The van der Waals surface area contributed by atoms with Crippen molar-refractivity contribution in [1.82, 2.24) is 9.13 Å². The third-order valence-electron chi connectivity index (χ3n) is 5.59. The molecule has 0 aliphatic heterocycles. The lowest BCUT2D eigenvalue weighted by atomic mass is 10.1. The van der Waals surface area contributed by atoms with Crippen molar-refractivity contribution in [2.45, 2.75) is 26.9 Å². The number of pyridine rings is 1. The molecule has 0 radical (unpaired) electrons. The third kappa shape index (κ3) is 3.78. The molecule has 4 rings (SSSR count). The van der Waals surface area contributed by atoms with Gasteiger partial charge < -0.3 is 13.9 Å². The van der Waals surface area contributed by atoms with Crippen LogP contribution >= 0.6 is 0 Å². The van der Waals surface area contributed by atoms with Crippen LogP contribution in [0.1, 0.15) is 28.5 Å². The smallest absolute Gasteiger partial charge is 0.343 e. The average Bonchev–Trinajstić information content (AvgIpc) is 3.10. The highest BCUT2D eigenvalue weighted by Crippen LogP contribution is 2.33. The minimum Gasteiger partial charge on any atom is -0.462 e. The van der Waals surface area contributed by atoms with Gasteiger partial charge in [-0.1, -0.05) is 66.7 Å². The van der Waals surface area contributed by atoms with Crippen LogP contribution in [0, 0.1) is 6.92 Å². The summed E-state index contributed by atoms with van der Waals surface area (Å²) < 4.78 is 9.28. The fraction of sp³-hybridized carbons (Fsp3) is 0.185. The molecule has 162 valence electrons. The van der Waals surface area contributed by atoms with E-state index in [1.807, 2.05) is 78.2 Å². The number of rotatable bonds is 7. The Morgan fingerprint density at radius 3 is 2.34 bits per heavy atom. The van der Waals surface area contributed by atoms with Crippen LogP contribution in [0.3, 0.4) is 0 Å². The zero-order valence-corrected chi connectivity index (χ0v) is 18.4. The number of aromatic nitrogens is 2. The Kier molecular flexibility index (Phi) is 6.08. The first kappa shape index (κ1) is 21.4. The highest BCUT2D eigenvalue weighted by atomic mass is 16.5. The lowest BCUT2D eigenvalue weighted by molar-refractivity contribution is 0.0524. The fourth-order valence-corrected chi connectivity index (χ4v) is 4.19. The summed E-state index contributed by atoms with van der Waals surface area (Å²) >= 11 is 0. The van der Waals surface area contributed by atoms with Crippen LogP contribution in [0.25, 0.3) is 22.2 Å². The van der Waals surface area contributed by atoms with Crippen LogP contribution in [0.2, 0.25) is 0 Å². The molecule has 0 saturated heterocycles. The molecule has 0 aliphatic rings. The van der Waals surface area contributed by atoms with E-state index in [-0.39, 0.29) is 17.6 Å². The van der Waals surface area contributed by atoms with Crippen molar-refractivity contribution in [3.05, 3.63) is 107 Å². The van der Waals surface area contributed by atoms with Crippen LogP contribution in [0.5, 0.6) is 0 Å². The van der Waals surface area contributed by atoms with Gasteiger partial charge in [0.2, 0.25) is 5.43 Å². The van der Waals surface area contributed by atoms with Crippen molar-refractivity contribution in [3.63, 3.8) is 0 Å². The highest BCUT2D eigenvalue weighted by molar-refractivity contribution is 6.00. The largest absolute Gasteiger partial charge is 0.462 e. The molecule has 0 unspecified atom stereocenters. The van der Waals surface area contributed by atoms with E-state index in [0.29, 0.717) is 18.5 Å². The first-order valence-corrected chi connectivity index (χ1v) is 10.7. The van der Waals surface area contributed by atoms with E-state index in [1.54, 1.807) is 13.1 Å². The molecule has 0 atom stereocenters. The second-order valence-electron chi connectivity index (χ2n) is 7.63. The van der Waals surface area contributed by atoms with Gasteiger partial charge in [0.1, 0.15) is 5.56 Å². The number of carbonyl (C=O) groups excluding carboxylic acids is 1. The molecule has 0 amide bonds. The average molecular weight is 427 g/mol. The number of ether oxygens (including phenoxy) is 1. The summed E-state index contributed by atoms with van der Waals surface area (Å²) in [5.41, 5.74) is 4.35. The Bertz CT molecular complexity index is 1330. The first-order valence-electron chi connectivity index (χ1n) is 10.7. The maximum atomic E-state index is 13.5. The van der Waals surface area contributed by atoms with Crippen molar-refractivity contribution in [1.29, 1.82) is 0 Å². The predicted molar refractivity (Wildman–Crippen MR) is 128 cm³/mol. The van der Waals surface area contributed by atoms with Gasteiger partial charge in [-0.05, 0) is 19.4 Å². The summed E-state index contributed by atoms with van der Waals surface area (Å²) in [4.78, 5) is 26.2. The summed E-state index contributed by atoms with van der Waals surface area (Å²) in [5.74, 6) is -0.599. The van der Waals surface area contributed by atoms with Gasteiger partial charge in [0.25, 0.3) is 0 Å². The second-order valence-corrected chi connectivity index (χ2v) is 7.63. The van der Waals surface area contributed by atoms with E-state index in [0.717, 1.165) is 28.0 Å². The van der Waals surface area contributed by atoms with Gasteiger partial charge in [0.15, 0.2) is 0 Å². The normalized spacial score (nSPS) is 10.9. The van der Waals surface area contributed by atoms with Gasteiger partial charge in [-0.2, -0.15) is 0 Å². The Morgan fingerprint density at radius 1 is 1.06 bits per heavy atom. The van der Waals surface area contributed by atoms with Crippen molar-refractivity contribution >= 4 is 16.9 Å². The highest BCUT2D eigenvalue weighted by Gasteiger charge is 2.25. The summed E-state index contributed by atoms with van der Waals surface area (Å²) in [6.07, 6.45) is 3.45. The SMILES string of the molecule is C=CCn1c(C)c2c(=O)c(C(=O)OCC)cn(Cc3ccccc3)c2c1-c1ccccc1. The van der Waals surface area contributed by atoms with E-state index in [4.69, 9.17) is 4.74 Å². The molecule has 32 heavy (non-hydrogen) atoms. The van der Waals surface area contributed by atoms with Gasteiger partial charge in [0.05, 0.1) is 23.2 Å². The van der Waals surface area contributed by atoms with Crippen LogP contribution in [-0.2, 0) is 17.8 Å². The lowest BCUT2D eigenvalue weighted by Crippen LogP contribution is -2.21. The summed E-state index contributed by atoms with van der Waals surface area (Å²) in [5, 5.41) is 0.534. The standard InChI is InChI=1S/C27H26N2O3/c1-4-16-29-19(3)23-25(24(29)21-14-10-7-11-15-21)28(17-20-12-8-6-9-13-20)18-22(26(23)30)27(31)32-5-2/h4,6-15,18H,1,5,16-17H2,2-3H3. The zero-order chi connectivity index (χ0) is 22.7. The molecule has 0 saturated carbocycles. The molecule has 2 heterocycles. The number of benzene rings is 2. The molecule has 0 bridgehead atoms. The predicted octanol–water partition coefficient (Wildman–Crippen LogP) is 5.19. The molecular formula is C27H26N2O3. The number of allylic oxidation sites excluding steroid dienone is 1. The lowest BCUT2D eigenvalue weighted by Gasteiger charge is -2.14. The Hall–Kier alpha value is -3.86. The van der Waals surface area contributed by atoms with E-state index in [9.17, 15) is 9.59 Å². The van der Waals surface area contributed by atoms with Crippen LogP contribution in [0.4, 0.5) is 0 Å². The van der Waals surface area contributed by atoms with Gasteiger partial charge >= 0.3 is 5.97 Å². The Balaban J connectivity index is 2.11. The van der Waals surface area contributed by atoms with Crippen molar-refractivity contribution in [2.24, 2.45) is 0 Å². The van der Waals surface area contributed by atoms with Crippen LogP contribution < -0.4 is 5.43 Å². The summed E-state index contributed by atoms with van der Waals surface area (Å²) in [6, 6.07) is 20.0. The maximum absolute atomic E-state index is 13.5. The molecule has 0 aliphatic carbocycles. The van der Waals surface area contributed by atoms with E-state index < -0.39 is 5.97 Å². The van der Waals surface area contributed by atoms with Crippen molar-refractivity contribution < 1.29 is 9.53 Å². The second kappa shape index (κ2) is 9.10. The van der Waals surface area contributed by atoms with Gasteiger partial charge in [-0.15, -0.1) is 6.58 Å².